The van der Waals surface area contributed by atoms with Crippen molar-refractivity contribution in [1.82, 2.24) is 14.9 Å². The van der Waals surface area contributed by atoms with Gasteiger partial charge in [0.1, 0.15) is 5.01 Å². The quantitative estimate of drug-likeness (QED) is 0.841. The van der Waals surface area contributed by atoms with Gasteiger partial charge in [-0.3, -0.25) is 5.32 Å². The molecule has 0 saturated carbocycles. The molecular formula is C13H16N4O3S2. The van der Waals surface area contributed by atoms with Gasteiger partial charge >= 0.3 is 6.03 Å². The zero-order chi connectivity index (χ0) is 16.0. The largest absolute Gasteiger partial charge is 0.334 e. The van der Waals surface area contributed by atoms with Crippen LogP contribution in [-0.2, 0) is 16.4 Å². The van der Waals surface area contributed by atoms with Crippen LogP contribution in [0.1, 0.15) is 24.8 Å². The van der Waals surface area contributed by atoms with E-state index in [-0.39, 0.29) is 10.0 Å². The van der Waals surface area contributed by atoms with Gasteiger partial charge in [0.2, 0.25) is 5.13 Å². The number of rotatable bonds is 6. The van der Waals surface area contributed by atoms with Crippen molar-refractivity contribution in [3.63, 3.8) is 0 Å². The Morgan fingerprint density at radius 1 is 1.23 bits per heavy atom. The minimum Gasteiger partial charge on any atom is -0.281 e. The zero-order valence-electron chi connectivity index (χ0n) is 11.9. The highest BCUT2D eigenvalue weighted by Crippen LogP contribution is 2.17. The molecule has 0 aliphatic rings. The molecule has 2 rings (SSSR count). The number of amides is 2. The maximum absolute atomic E-state index is 12.0. The third kappa shape index (κ3) is 4.50. The van der Waals surface area contributed by atoms with Gasteiger partial charge in [0.15, 0.2) is 0 Å². The van der Waals surface area contributed by atoms with Crippen LogP contribution in [0.5, 0.6) is 0 Å². The second-order valence-electron chi connectivity index (χ2n) is 4.48. The summed E-state index contributed by atoms with van der Waals surface area (Å²) in [7, 11) is -3.89. The van der Waals surface area contributed by atoms with Crippen molar-refractivity contribution >= 4 is 32.5 Å². The molecule has 0 unspecified atom stereocenters. The van der Waals surface area contributed by atoms with E-state index in [4.69, 9.17) is 0 Å². The lowest BCUT2D eigenvalue weighted by Gasteiger charge is -2.06. The second-order valence-corrected chi connectivity index (χ2v) is 7.22. The van der Waals surface area contributed by atoms with Gasteiger partial charge in [0.25, 0.3) is 10.0 Å². The Labute approximate surface area is 132 Å². The van der Waals surface area contributed by atoms with Crippen LogP contribution in [0.4, 0.5) is 9.93 Å². The van der Waals surface area contributed by atoms with Gasteiger partial charge in [-0.25, -0.2) is 17.9 Å². The summed E-state index contributed by atoms with van der Waals surface area (Å²) in [4.78, 5) is 11.8. The van der Waals surface area contributed by atoms with E-state index in [0.29, 0.717) is 0 Å². The average molecular weight is 340 g/mol. The van der Waals surface area contributed by atoms with Crippen LogP contribution in [0.2, 0.25) is 0 Å². The fourth-order valence-corrected chi connectivity index (χ4v) is 3.34. The highest BCUT2D eigenvalue weighted by Gasteiger charge is 2.18. The Morgan fingerprint density at radius 3 is 2.64 bits per heavy atom. The molecule has 0 bridgehead atoms. The fraction of sp³-hybridized carbons (Fsp3) is 0.308. The first-order valence-corrected chi connectivity index (χ1v) is 9.02. The third-order valence-corrected chi connectivity index (χ3v) is 4.96. The first-order chi connectivity index (χ1) is 10.5. The summed E-state index contributed by atoms with van der Waals surface area (Å²) < 4.78 is 25.9. The highest BCUT2D eigenvalue weighted by atomic mass is 32.2. The first-order valence-electron chi connectivity index (χ1n) is 6.72. The molecule has 2 aromatic rings. The first kappa shape index (κ1) is 16.4. The number of nitrogens with zero attached hydrogens (tertiary/aromatic N) is 2. The summed E-state index contributed by atoms with van der Waals surface area (Å²) in [5, 5.41) is 11.2. The van der Waals surface area contributed by atoms with Crippen molar-refractivity contribution in [1.29, 1.82) is 0 Å². The van der Waals surface area contributed by atoms with E-state index >= 15 is 0 Å². The average Bonchev–Trinajstić information content (AvgIpc) is 2.92. The van der Waals surface area contributed by atoms with Crippen molar-refractivity contribution in [2.75, 3.05) is 5.32 Å². The van der Waals surface area contributed by atoms with E-state index in [1.807, 2.05) is 4.72 Å². The zero-order valence-corrected chi connectivity index (χ0v) is 13.6. The molecule has 118 valence electrons. The van der Waals surface area contributed by atoms with Crippen molar-refractivity contribution in [3.8, 4) is 0 Å². The number of unbranched alkanes of at least 4 members (excludes halogenated alkanes) is 1. The lowest BCUT2D eigenvalue weighted by Crippen LogP contribution is -2.34. The molecule has 22 heavy (non-hydrogen) atoms. The van der Waals surface area contributed by atoms with Crippen LogP contribution in [0.25, 0.3) is 0 Å². The minimum atomic E-state index is -3.89. The molecule has 0 spiro atoms. The molecule has 0 fully saturated rings. The van der Waals surface area contributed by atoms with E-state index < -0.39 is 16.1 Å². The summed E-state index contributed by atoms with van der Waals surface area (Å²) in [6.45, 7) is 2.07. The number of urea groups is 1. The number of aromatic nitrogens is 2. The van der Waals surface area contributed by atoms with Crippen molar-refractivity contribution in [3.05, 3.63) is 35.3 Å². The van der Waals surface area contributed by atoms with Gasteiger partial charge in [-0.15, -0.1) is 10.2 Å². The molecular weight excluding hydrogens is 324 g/mol. The smallest absolute Gasteiger partial charge is 0.281 e. The van der Waals surface area contributed by atoms with Crippen LogP contribution in [0.15, 0.2) is 35.2 Å². The number of benzene rings is 1. The topological polar surface area (TPSA) is 101 Å². The normalized spacial score (nSPS) is 11.1. The number of sulfonamides is 1. The summed E-state index contributed by atoms with van der Waals surface area (Å²) >= 11 is 1.23. The molecule has 0 atom stereocenters. The number of anilines is 1. The molecule has 2 N–H and O–H groups in total. The number of carbonyl (C=O) groups is 1. The van der Waals surface area contributed by atoms with Gasteiger partial charge < -0.3 is 0 Å². The number of aryl methyl sites for hydroxylation is 1. The predicted octanol–water partition coefficient (Wildman–Crippen LogP) is 2.39. The van der Waals surface area contributed by atoms with Gasteiger partial charge in [-0.1, -0.05) is 42.9 Å². The Hall–Kier alpha value is -2.00. The summed E-state index contributed by atoms with van der Waals surface area (Å²) in [6, 6.07) is 6.81. The maximum Gasteiger partial charge on any atom is 0.334 e. The fourth-order valence-electron chi connectivity index (χ4n) is 1.64. The molecule has 1 heterocycles. The molecule has 1 aromatic heterocycles. The molecule has 0 radical (unpaired) electrons. The SMILES string of the molecule is CCCCc1nnc(NC(=O)NS(=O)(=O)c2ccccc2)s1. The van der Waals surface area contributed by atoms with Crippen LogP contribution in [-0.4, -0.2) is 24.6 Å². The highest BCUT2D eigenvalue weighted by molar-refractivity contribution is 7.90. The number of carbonyl (C=O) groups excluding carboxylic acids is 1. The number of nitrogens with one attached hydrogen (secondary N) is 2. The minimum absolute atomic E-state index is 0.0195. The summed E-state index contributed by atoms with van der Waals surface area (Å²) in [6.07, 6.45) is 2.82. The van der Waals surface area contributed by atoms with E-state index in [1.54, 1.807) is 18.2 Å². The molecule has 0 aliphatic heterocycles. The van der Waals surface area contributed by atoms with Crippen molar-refractivity contribution in [2.45, 2.75) is 31.1 Å². The molecule has 2 amide bonds. The van der Waals surface area contributed by atoms with Crippen LogP contribution < -0.4 is 10.0 Å². The summed E-state index contributed by atoms with van der Waals surface area (Å²) in [5.74, 6) is 0. The molecule has 7 nitrogen and oxygen atoms in total. The van der Waals surface area contributed by atoms with Gasteiger partial charge in [-0.05, 0) is 18.6 Å². The Bertz CT molecular complexity index is 729. The Morgan fingerprint density at radius 2 is 1.95 bits per heavy atom. The van der Waals surface area contributed by atoms with Crippen LogP contribution >= 0.6 is 11.3 Å². The molecule has 0 aliphatic carbocycles. The Kier molecular flexibility index (Phi) is 5.45. The molecule has 1 aromatic carbocycles. The standard InChI is InChI=1S/C13H16N4O3S2/c1-2-3-9-11-15-16-13(21-11)14-12(18)17-22(19,20)10-7-5-4-6-8-10/h4-8H,2-3,9H2,1H3,(H2,14,16,17,18). The predicted molar refractivity (Wildman–Crippen MR) is 84.3 cm³/mol. The van der Waals surface area contributed by atoms with Crippen LogP contribution in [0, 0.1) is 0 Å². The van der Waals surface area contributed by atoms with E-state index in [9.17, 15) is 13.2 Å². The van der Waals surface area contributed by atoms with Gasteiger partial charge in [0.05, 0.1) is 4.90 Å². The van der Waals surface area contributed by atoms with E-state index in [2.05, 4.69) is 22.4 Å². The third-order valence-electron chi connectivity index (χ3n) is 2.71. The summed E-state index contributed by atoms with van der Waals surface area (Å²) in [5.41, 5.74) is 0. The van der Waals surface area contributed by atoms with Gasteiger partial charge in [-0.2, -0.15) is 0 Å². The van der Waals surface area contributed by atoms with Crippen LogP contribution in [0.3, 0.4) is 0 Å². The molecule has 0 saturated heterocycles. The van der Waals surface area contributed by atoms with Gasteiger partial charge in [0, 0.05) is 6.42 Å². The Balaban J connectivity index is 1.97. The maximum atomic E-state index is 12.0. The van der Waals surface area contributed by atoms with Crippen molar-refractivity contribution in [2.24, 2.45) is 0 Å². The lowest BCUT2D eigenvalue weighted by atomic mass is 10.3. The van der Waals surface area contributed by atoms with E-state index in [1.165, 1.54) is 23.5 Å². The second kappa shape index (κ2) is 7.32. The van der Waals surface area contributed by atoms with Crippen molar-refractivity contribution < 1.29 is 13.2 Å². The van der Waals surface area contributed by atoms with E-state index in [0.717, 1.165) is 24.3 Å². The number of hydrogen-bond acceptors (Lipinski definition) is 6. The number of hydrogen-bond donors (Lipinski definition) is 2. The monoisotopic (exact) mass is 340 g/mol. The molecule has 9 heteroatoms. The lowest BCUT2D eigenvalue weighted by molar-refractivity contribution is 0.256.